The van der Waals surface area contributed by atoms with E-state index >= 15 is 0 Å². The highest BCUT2D eigenvalue weighted by molar-refractivity contribution is 7.98. The first kappa shape index (κ1) is 13.5. The SMILES string of the molecule is CCC(N)CSCc1nnc(C(C)(C)C)o1. The van der Waals surface area contributed by atoms with Crippen molar-refractivity contribution in [1.29, 1.82) is 0 Å². The highest BCUT2D eigenvalue weighted by atomic mass is 32.2. The second kappa shape index (κ2) is 5.68. The fourth-order valence-electron chi connectivity index (χ4n) is 1.03. The van der Waals surface area contributed by atoms with Crippen LogP contribution in [0.1, 0.15) is 45.9 Å². The van der Waals surface area contributed by atoms with Crippen molar-refractivity contribution in [1.82, 2.24) is 10.2 Å². The Balaban J connectivity index is 2.41. The Labute approximate surface area is 101 Å². The van der Waals surface area contributed by atoms with Crippen molar-refractivity contribution in [2.75, 3.05) is 5.75 Å². The lowest BCUT2D eigenvalue weighted by molar-refractivity contribution is 0.378. The second-order valence-corrected chi connectivity index (χ2v) is 5.96. The molecule has 4 nitrogen and oxygen atoms in total. The average molecular weight is 243 g/mol. The van der Waals surface area contributed by atoms with Gasteiger partial charge in [0, 0.05) is 17.2 Å². The molecule has 0 saturated carbocycles. The van der Waals surface area contributed by atoms with Crippen LogP contribution in [0, 0.1) is 0 Å². The summed E-state index contributed by atoms with van der Waals surface area (Å²) in [6.45, 7) is 8.27. The van der Waals surface area contributed by atoms with Gasteiger partial charge in [0.2, 0.25) is 11.8 Å². The number of aromatic nitrogens is 2. The Morgan fingerprint density at radius 2 is 2.06 bits per heavy atom. The van der Waals surface area contributed by atoms with Crippen LogP contribution in [0.25, 0.3) is 0 Å². The highest BCUT2D eigenvalue weighted by Gasteiger charge is 2.21. The van der Waals surface area contributed by atoms with Crippen molar-refractivity contribution in [3.8, 4) is 0 Å². The fourth-order valence-corrected chi connectivity index (χ4v) is 1.98. The van der Waals surface area contributed by atoms with E-state index in [1.165, 1.54) is 0 Å². The lowest BCUT2D eigenvalue weighted by atomic mass is 9.97. The molecule has 0 aromatic carbocycles. The summed E-state index contributed by atoms with van der Waals surface area (Å²) in [7, 11) is 0. The van der Waals surface area contributed by atoms with Gasteiger partial charge < -0.3 is 10.2 Å². The Hall–Kier alpha value is -0.550. The predicted molar refractivity (Wildman–Crippen MR) is 67.4 cm³/mol. The van der Waals surface area contributed by atoms with Crippen LogP contribution in [-0.4, -0.2) is 22.0 Å². The molecule has 5 heteroatoms. The van der Waals surface area contributed by atoms with Crippen LogP contribution in [0.4, 0.5) is 0 Å². The minimum Gasteiger partial charge on any atom is -0.424 e. The average Bonchev–Trinajstić information content (AvgIpc) is 2.65. The third kappa shape index (κ3) is 4.14. The zero-order chi connectivity index (χ0) is 12.2. The normalized spacial score (nSPS) is 14.1. The van der Waals surface area contributed by atoms with Gasteiger partial charge in [-0.3, -0.25) is 0 Å². The van der Waals surface area contributed by atoms with Crippen LogP contribution < -0.4 is 5.73 Å². The first-order chi connectivity index (χ1) is 7.43. The molecule has 0 aliphatic heterocycles. The quantitative estimate of drug-likeness (QED) is 0.860. The molecular formula is C11H21N3OS. The van der Waals surface area contributed by atoms with E-state index in [1.807, 2.05) is 0 Å². The Kier molecular flexibility index (Phi) is 4.80. The number of nitrogens with zero attached hydrogens (tertiary/aromatic N) is 2. The van der Waals surface area contributed by atoms with Crippen LogP contribution in [0.15, 0.2) is 4.42 Å². The molecule has 1 atom stereocenters. The predicted octanol–water partition coefficient (Wildman–Crippen LogP) is 2.34. The van der Waals surface area contributed by atoms with Crippen molar-refractivity contribution in [2.45, 2.75) is 51.3 Å². The number of nitrogens with two attached hydrogens (primary N) is 1. The Morgan fingerprint density at radius 1 is 1.38 bits per heavy atom. The van der Waals surface area contributed by atoms with Gasteiger partial charge in [0.15, 0.2) is 0 Å². The molecular weight excluding hydrogens is 222 g/mol. The van der Waals surface area contributed by atoms with Gasteiger partial charge in [0.1, 0.15) is 0 Å². The van der Waals surface area contributed by atoms with Crippen LogP contribution >= 0.6 is 11.8 Å². The molecule has 92 valence electrons. The molecule has 0 bridgehead atoms. The summed E-state index contributed by atoms with van der Waals surface area (Å²) >= 11 is 1.74. The molecule has 0 amide bonds. The zero-order valence-electron chi connectivity index (χ0n) is 10.5. The van der Waals surface area contributed by atoms with Gasteiger partial charge in [-0.2, -0.15) is 11.8 Å². The fraction of sp³-hybridized carbons (Fsp3) is 0.818. The number of thioether (sulfide) groups is 1. The highest BCUT2D eigenvalue weighted by Crippen LogP contribution is 2.22. The summed E-state index contributed by atoms with van der Waals surface area (Å²) in [4.78, 5) is 0. The van der Waals surface area contributed by atoms with Gasteiger partial charge in [0.25, 0.3) is 0 Å². The smallest absolute Gasteiger partial charge is 0.226 e. The maximum Gasteiger partial charge on any atom is 0.226 e. The molecule has 0 aliphatic rings. The van der Waals surface area contributed by atoms with Crippen LogP contribution in [-0.2, 0) is 11.2 Å². The maximum atomic E-state index is 5.82. The van der Waals surface area contributed by atoms with E-state index in [4.69, 9.17) is 10.2 Å². The zero-order valence-corrected chi connectivity index (χ0v) is 11.3. The minimum absolute atomic E-state index is 0.0737. The topological polar surface area (TPSA) is 64.9 Å². The summed E-state index contributed by atoms with van der Waals surface area (Å²) < 4.78 is 5.58. The lowest BCUT2D eigenvalue weighted by Gasteiger charge is -2.11. The van der Waals surface area contributed by atoms with Crippen LogP contribution in [0.5, 0.6) is 0 Å². The maximum absolute atomic E-state index is 5.82. The Morgan fingerprint density at radius 3 is 2.56 bits per heavy atom. The van der Waals surface area contributed by atoms with E-state index in [2.05, 4.69) is 37.9 Å². The molecule has 1 aromatic rings. The van der Waals surface area contributed by atoms with Gasteiger partial charge in [-0.15, -0.1) is 10.2 Å². The lowest BCUT2D eigenvalue weighted by Crippen LogP contribution is -2.21. The largest absolute Gasteiger partial charge is 0.424 e. The molecule has 0 radical (unpaired) electrons. The van der Waals surface area contributed by atoms with E-state index in [1.54, 1.807) is 11.8 Å². The second-order valence-electron chi connectivity index (χ2n) is 4.93. The number of hydrogen-bond donors (Lipinski definition) is 1. The van der Waals surface area contributed by atoms with Gasteiger partial charge in [0.05, 0.1) is 5.75 Å². The molecule has 0 aliphatic carbocycles. The Bertz CT molecular complexity index is 319. The summed E-state index contributed by atoms with van der Waals surface area (Å²) in [6.07, 6.45) is 1.00. The molecule has 2 N–H and O–H groups in total. The molecule has 1 rings (SSSR count). The van der Waals surface area contributed by atoms with Gasteiger partial charge in [-0.05, 0) is 6.42 Å². The van der Waals surface area contributed by atoms with Crippen molar-refractivity contribution in [3.05, 3.63) is 11.8 Å². The molecule has 1 aromatic heterocycles. The van der Waals surface area contributed by atoms with E-state index in [0.717, 1.165) is 17.9 Å². The third-order valence-electron chi connectivity index (χ3n) is 2.19. The number of rotatable bonds is 5. The molecule has 0 spiro atoms. The molecule has 16 heavy (non-hydrogen) atoms. The van der Waals surface area contributed by atoms with Gasteiger partial charge in [-0.25, -0.2) is 0 Å². The third-order valence-corrected chi connectivity index (χ3v) is 3.31. The molecule has 1 heterocycles. The van der Waals surface area contributed by atoms with Crippen LogP contribution in [0.2, 0.25) is 0 Å². The molecule has 1 unspecified atom stereocenters. The van der Waals surface area contributed by atoms with Crippen molar-refractivity contribution in [2.24, 2.45) is 5.73 Å². The van der Waals surface area contributed by atoms with E-state index in [-0.39, 0.29) is 11.5 Å². The van der Waals surface area contributed by atoms with Gasteiger partial charge in [-0.1, -0.05) is 27.7 Å². The van der Waals surface area contributed by atoms with Crippen molar-refractivity contribution in [3.63, 3.8) is 0 Å². The number of hydrogen-bond acceptors (Lipinski definition) is 5. The summed E-state index contributed by atoms with van der Waals surface area (Å²) in [5.74, 6) is 3.07. The van der Waals surface area contributed by atoms with Gasteiger partial charge >= 0.3 is 0 Å². The monoisotopic (exact) mass is 243 g/mol. The molecule has 0 saturated heterocycles. The van der Waals surface area contributed by atoms with E-state index in [0.29, 0.717) is 11.8 Å². The standard InChI is InChI=1S/C11H21N3OS/c1-5-8(12)6-16-7-9-13-14-10(15-9)11(2,3)4/h8H,5-7,12H2,1-4H3. The van der Waals surface area contributed by atoms with E-state index < -0.39 is 0 Å². The summed E-state index contributed by atoms with van der Waals surface area (Å²) in [5.41, 5.74) is 5.75. The first-order valence-corrected chi connectivity index (χ1v) is 6.75. The van der Waals surface area contributed by atoms with Crippen LogP contribution in [0.3, 0.4) is 0 Å². The minimum atomic E-state index is -0.0737. The van der Waals surface area contributed by atoms with Crippen molar-refractivity contribution < 1.29 is 4.42 Å². The first-order valence-electron chi connectivity index (χ1n) is 5.59. The summed E-state index contributed by atoms with van der Waals surface area (Å²) in [5, 5.41) is 8.07. The molecule has 0 fully saturated rings. The van der Waals surface area contributed by atoms with Crippen molar-refractivity contribution >= 4 is 11.8 Å². The van der Waals surface area contributed by atoms with E-state index in [9.17, 15) is 0 Å². The summed E-state index contributed by atoms with van der Waals surface area (Å²) in [6, 6.07) is 0.259.